The minimum atomic E-state index is 0.574. The highest BCUT2D eigenvalue weighted by molar-refractivity contribution is 6.27. The third-order valence-corrected chi connectivity index (χ3v) is 13.8. The second-order valence-corrected chi connectivity index (χ2v) is 17.2. The molecule has 0 radical (unpaired) electrons. The maximum Gasteiger partial charge on any atom is 0.238 e. The first kappa shape index (κ1) is 34.0. The molecular formula is C59H33N5. The molecule has 5 heteroatoms. The summed E-state index contributed by atoms with van der Waals surface area (Å²) in [6, 6.07) is 72.6. The van der Waals surface area contributed by atoms with E-state index in [4.69, 9.17) is 15.0 Å². The second kappa shape index (κ2) is 12.5. The molecule has 0 aliphatic rings. The van der Waals surface area contributed by atoms with Gasteiger partial charge in [-0.05, 0) is 119 Å². The largest absolute Gasteiger partial charge is 0.309 e. The first-order chi connectivity index (χ1) is 31.7. The Balaban J connectivity index is 1.06. The second-order valence-electron chi connectivity index (χ2n) is 17.2. The zero-order valence-electron chi connectivity index (χ0n) is 34.3. The van der Waals surface area contributed by atoms with Gasteiger partial charge >= 0.3 is 0 Å². The van der Waals surface area contributed by atoms with Crippen LogP contribution < -0.4 is 0 Å². The predicted octanol–water partition coefficient (Wildman–Crippen LogP) is 15.2. The molecule has 0 spiro atoms. The smallest absolute Gasteiger partial charge is 0.238 e. The Kier molecular flexibility index (Phi) is 6.62. The summed E-state index contributed by atoms with van der Waals surface area (Å²) in [6.45, 7) is 0. The molecule has 0 bridgehead atoms. The van der Waals surface area contributed by atoms with Gasteiger partial charge in [0.25, 0.3) is 0 Å². The molecule has 15 rings (SSSR count). The summed E-state index contributed by atoms with van der Waals surface area (Å²) >= 11 is 0. The van der Waals surface area contributed by atoms with E-state index in [1.54, 1.807) is 0 Å². The molecule has 3 heterocycles. The summed E-state index contributed by atoms with van der Waals surface area (Å²) in [6.07, 6.45) is 0. The van der Waals surface area contributed by atoms with Crippen molar-refractivity contribution in [3.8, 4) is 34.4 Å². The fourth-order valence-electron chi connectivity index (χ4n) is 11.1. The van der Waals surface area contributed by atoms with Crippen molar-refractivity contribution in [3.63, 3.8) is 0 Å². The van der Waals surface area contributed by atoms with Crippen LogP contribution in [0.5, 0.6) is 0 Å². The van der Waals surface area contributed by atoms with Crippen molar-refractivity contribution >= 4 is 108 Å². The molecule has 0 aliphatic heterocycles. The predicted molar refractivity (Wildman–Crippen MR) is 267 cm³/mol. The number of aromatic nitrogens is 5. The van der Waals surface area contributed by atoms with Crippen molar-refractivity contribution in [3.05, 3.63) is 200 Å². The Morgan fingerprint density at radius 2 is 0.734 bits per heavy atom. The first-order valence-corrected chi connectivity index (χ1v) is 21.8. The molecule has 15 aromatic rings. The first-order valence-electron chi connectivity index (χ1n) is 21.8. The minimum Gasteiger partial charge on any atom is -0.309 e. The number of fused-ring (bicyclic) bond motifs is 7. The maximum absolute atomic E-state index is 5.53. The summed E-state index contributed by atoms with van der Waals surface area (Å²) < 4.78 is 4.67. The van der Waals surface area contributed by atoms with Crippen LogP contribution >= 0.6 is 0 Å². The van der Waals surface area contributed by atoms with Gasteiger partial charge in [0.15, 0.2) is 11.6 Å². The molecule has 0 atom stereocenters. The number of rotatable bonds is 4. The van der Waals surface area contributed by atoms with Gasteiger partial charge in [0.05, 0.1) is 22.1 Å². The highest BCUT2D eigenvalue weighted by Gasteiger charge is 2.24. The Bertz CT molecular complexity index is 4130. The van der Waals surface area contributed by atoms with Crippen LogP contribution in [0.4, 0.5) is 0 Å². The third-order valence-electron chi connectivity index (χ3n) is 13.8. The highest BCUT2D eigenvalue weighted by Crippen LogP contribution is 2.43. The molecule has 3 aromatic heterocycles. The number of benzene rings is 12. The molecule has 64 heavy (non-hydrogen) atoms. The normalized spacial score (nSPS) is 12.4. The summed E-state index contributed by atoms with van der Waals surface area (Å²) in [5.74, 6) is 1.83. The van der Waals surface area contributed by atoms with E-state index >= 15 is 0 Å². The van der Waals surface area contributed by atoms with Crippen LogP contribution in [0.2, 0.25) is 0 Å². The van der Waals surface area contributed by atoms with E-state index in [1.807, 2.05) is 0 Å². The van der Waals surface area contributed by atoms with Gasteiger partial charge in [-0.1, -0.05) is 146 Å². The molecule has 294 valence electrons. The molecular weight excluding hydrogens is 779 g/mol. The maximum atomic E-state index is 5.53. The number of para-hydroxylation sites is 3. The molecule has 0 N–H and O–H groups in total. The van der Waals surface area contributed by atoms with E-state index in [1.165, 1.54) is 48.5 Å². The molecule has 0 saturated heterocycles. The van der Waals surface area contributed by atoms with E-state index in [0.29, 0.717) is 17.6 Å². The lowest BCUT2D eigenvalue weighted by Crippen LogP contribution is -2.07. The zero-order valence-corrected chi connectivity index (χ0v) is 34.3. The summed E-state index contributed by atoms with van der Waals surface area (Å²) in [5, 5.41) is 19.4. The molecule has 12 aromatic carbocycles. The van der Waals surface area contributed by atoms with Crippen LogP contribution in [0.1, 0.15) is 0 Å². The zero-order chi connectivity index (χ0) is 41.6. The molecule has 0 aliphatic carbocycles. The average molecular weight is 812 g/mol. The quantitative estimate of drug-likeness (QED) is 0.166. The Hall–Kier alpha value is -8.67. The van der Waals surface area contributed by atoms with Crippen molar-refractivity contribution in [2.75, 3.05) is 0 Å². The lowest BCUT2D eigenvalue weighted by Gasteiger charge is -2.15. The molecule has 0 unspecified atom stereocenters. The van der Waals surface area contributed by atoms with Gasteiger partial charge in [0.1, 0.15) is 0 Å². The molecule has 0 saturated carbocycles. The van der Waals surface area contributed by atoms with Crippen molar-refractivity contribution in [1.82, 2.24) is 24.1 Å². The molecule has 0 amide bonds. The van der Waals surface area contributed by atoms with Gasteiger partial charge in [-0.3, -0.25) is 4.57 Å². The fraction of sp³-hybridized carbons (Fsp3) is 0. The van der Waals surface area contributed by atoms with Crippen LogP contribution in [-0.2, 0) is 0 Å². The van der Waals surface area contributed by atoms with Gasteiger partial charge in [0.2, 0.25) is 5.95 Å². The standard InChI is InChI=1S/C59H33N5/c1-2-14-44(15-3-1)63-49-19-7-5-17-47(49)55-50(63)29-28-46-45-16-4-6-18-48(45)64(56(46)55)59-61-57(42-30-38-24-20-34-10-8-11-35-21-25-39(31-42)53(38)51(34)35)60-58(62-59)43-32-40-26-22-36-12-9-13-37-23-27-41(33-43)54(40)52(36)37/h1-33H. The molecule has 0 fully saturated rings. The highest BCUT2D eigenvalue weighted by atomic mass is 15.2. The van der Waals surface area contributed by atoms with Crippen molar-refractivity contribution < 1.29 is 0 Å². The van der Waals surface area contributed by atoms with Crippen LogP contribution in [-0.4, -0.2) is 24.1 Å². The Labute approximate surface area is 365 Å². The van der Waals surface area contributed by atoms with E-state index in [2.05, 4.69) is 209 Å². The SMILES string of the molecule is c1ccc(-n2c3ccccc3c3c2ccc2c4ccccc4n(-c4nc(-c5cc6ccc7cccc8ccc(c5)c6c78)nc(-c5cc6ccc7cccc8ccc(c5)c6c78)n4)c23)cc1. The lowest BCUT2D eigenvalue weighted by atomic mass is 9.92. The van der Waals surface area contributed by atoms with E-state index in [9.17, 15) is 0 Å². The van der Waals surface area contributed by atoms with Crippen molar-refractivity contribution in [2.24, 2.45) is 0 Å². The summed E-state index contributed by atoms with van der Waals surface area (Å²) in [4.78, 5) is 16.5. The van der Waals surface area contributed by atoms with E-state index < -0.39 is 0 Å². The molecule has 5 nitrogen and oxygen atoms in total. The Morgan fingerprint density at radius 1 is 0.281 bits per heavy atom. The van der Waals surface area contributed by atoms with Gasteiger partial charge in [0, 0.05) is 38.4 Å². The fourth-order valence-corrected chi connectivity index (χ4v) is 11.1. The van der Waals surface area contributed by atoms with Crippen molar-refractivity contribution in [2.45, 2.75) is 0 Å². The minimum absolute atomic E-state index is 0.574. The van der Waals surface area contributed by atoms with Crippen LogP contribution in [0.15, 0.2) is 200 Å². The van der Waals surface area contributed by atoms with Crippen LogP contribution in [0.3, 0.4) is 0 Å². The monoisotopic (exact) mass is 811 g/mol. The summed E-state index contributed by atoms with van der Waals surface area (Å²) in [7, 11) is 0. The van der Waals surface area contributed by atoms with Gasteiger partial charge in [-0.2, -0.15) is 9.97 Å². The van der Waals surface area contributed by atoms with Gasteiger partial charge in [-0.15, -0.1) is 0 Å². The van der Waals surface area contributed by atoms with E-state index in [-0.39, 0.29) is 0 Å². The van der Waals surface area contributed by atoms with Gasteiger partial charge < -0.3 is 4.57 Å². The number of hydrogen-bond donors (Lipinski definition) is 0. The van der Waals surface area contributed by atoms with Crippen molar-refractivity contribution in [1.29, 1.82) is 0 Å². The number of nitrogens with zero attached hydrogens (tertiary/aromatic N) is 5. The summed E-state index contributed by atoms with van der Waals surface area (Å²) in [5.41, 5.74) is 7.38. The third kappa shape index (κ3) is 4.59. The number of hydrogen-bond acceptors (Lipinski definition) is 3. The Morgan fingerprint density at radius 3 is 1.28 bits per heavy atom. The topological polar surface area (TPSA) is 48.5 Å². The average Bonchev–Trinajstić information content (AvgIpc) is 3.88. The lowest BCUT2D eigenvalue weighted by molar-refractivity contribution is 0.956. The van der Waals surface area contributed by atoms with Crippen LogP contribution in [0.25, 0.3) is 143 Å². The van der Waals surface area contributed by atoms with E-state index in [0.717, 1.165) is 76.6 Å². The van der Waals surface area contributed by atoms with Gasteiger partial charge in [-0.25, -0.2) is 4.98 Å². The van der Waals surface area contributed by atoms with Crippen LogP contribution in [0, 0.1) is 0 Å².